The summed E-state index contributed by atoms with van der Waals surface area (Å²) in [5.41, 5.74) is 3.67. The van der Waals surface area contributed by atoms with Gasteiger partial charge in [0.15, 0.2) is 0 Å². The summed E-state index contributed by atoms with van der Waals surface area (Å²) >= 11 is 0. The number of carbonyl (C=O) groups is 1. The highest BCUT2D eigenvalue weighted by molar-refractivity contribution is 5.94. The molecule has 3 rings (SSSR count). The highest BCUT2D eigenvalue weighted by Crippen LogP contribution is 2.23. The molecule has 0 bridgehead atoms. The summed E-state index contributed by atoms with van der Waals surface area (Å²) in [4.78, 5) is 12.8. The molecule has 0 aliphatic rings. The van der Waals surface area contributed by atoms with Crippen LogP contribution in [0.3, 0.4) is 0 Å². The molecular weight excluding hydrogens is 362 g/mol. The number of rotatable bonds is 8. The molecule has 150 valence electrons. The van der Waals surface area contributed by atoms with Gasteiger partial charge in [-0.1, -0.05) is 48.0 Å². The van der Waals surface area contributed by atoms with Crippen LogP contribution in [0.25, 0.3) is 0 Å². The van der Waals surface area contributed by atoms with E-state index in [0.717, 1.165) is 22.6 Å². The van der Waals surface area contributed by atoms with Gasteiger partial charge in [0.05, 0.1) is 12.6 Å². The van der Waals surface area contributed by atoms with E-state index in [4.69, 9.17) is 9.47 Å². The monoisotopic (exact) mass is 389 g/mol. The van der Waals surface area contributed by atoms with Gasteiger partial charge in [-0.05, 0) is 56.7 Å². The molecule has 4 nitrogen and oxygen atoms in total. The number of benzene rings is 3. The first-order chi connectivity index (χ1) is 14.1. The summed E-state index contributed by atoms with van der Waals surface area (Å²) in [6, 6.07) is 23.2. The maximum Gasteiger partial charge on any atom is 0.251 e. The summed E-state index contributed by atoms with van der Waals surface area (Å²) in [6.45, 7) is 6.83. The Morgan fingerprint density at radius 2 is 1.69 bits per heavy atom. The molecule has 3 aromatic rings. The van der Waals surface area contributed by atoms with Gasteiger partial charge in [0.1, 0.15) is 18.1 Å². The minimum atomic E-state index is -0.124. The lowest BCUT2D eigenvalue weighted by Crippen LogP contribution is -2.26. The van der Waals surface area contributed by atoms with Crippen LogP contribution in [-0.2, 0) is 6.61 Å². The predicted octanol–water partition coefficient (Wildman–Crippen LogP) is 5.46. The third kappa shape index (κ3) is 5.61. The fraction of sp³-hybridized carbons (Fsp3) is 0.240. The predicted molar refractivity (Wildman–Crippen MR) is 115 cm³/mol. The molecule has 0 aliphatic carbocycles. The molecule has 0 saturated carbocycles. The number of aryl methyl sites for hydroxylation is 1. The van der Waals surface area contributed by atoms with Gasteiger partial charge in [-0.25, -0.2) is 0 Å². The van der Waals surface area contributed by atoms with Crippen molar-refractivity contribution in [3.63, 3.8) is 0 Å². The first-order valence-corrected chi connectivity index (χ1v) is 9.88. The fourth-order valence-electron chi connectivity index (χ4n) is 3.03. The van der Waals surface area contributed by atoms with E-state index in [0.29, 0.717) is 18.8 Å². The van der Waals surface area contributed by atoms with Crippen molar-refractivity contribution in [1.29, 1.82) is 0 Å². The summed E-state index contributed by atoms with van der Waals surface area (Å²) < 4.78 is 11.6. The van der Waals surface area contributed by atoms with E-state index in [2.05, 4.69) is 5.32 Å². The summed E-state index contributed by atoms with van der Waals surface area (Å²) in [5.74, 6) is 1.39. The SMILES string of the molecule is CCOc1ccc(C(=O)N[C@H](C)c2ccccc2)cc1COc1ccc(C)cc1. The molecule has 0 saturated heterocycles. The van der Waals surface area contributed by atoms with Crippen LogP contribution < -0.4 is 14.8 Å². The molecule has 0 aromatic heterocycles. The van der Waals surface area contributed by atoms with E-state index >= 15 is 0 Å². The number of ether oxygens (including phenoxy) is 2. The second-order valence-corrected chi connectivity index (χ2v) is 6.96. The molecule has 4 heteroatoms. The highest BCUT2D eigenvalue weighted by atomic mass is 16.5. The standard InChI is InChI=1S/C25H27NO3/c1-4-28-24-15-12-21(25(27)26-19(3)20-8-6-5-7-9-20)16-22(24)17-29-23-13-10-18(2)11-14-23/h5-16,19H,4,17H2,1-3H3,(H,26,27)/t19-/m1/s1. The lowest BCUT2D eigenvalue weighted by molar-refractivity contribution is 0.0939. The Labute approximate surface area is 172 Å². The Morgan fingerprint density at radius 1 is 0.966 bits per heavy atom. The fourth-order valence-corrected chi connectivity index (χ4v) is 3.03. The second kappa shape index (κ2) is 9.78. The lowest BCUT2D eigenvalue weighted by atomic mass is 10.1. The summed E-state index contributed by atoms with van der Waals surface area (Å²) in [7, 11) is 0. The van der Waals surface area contributed by atoms with Crippen LogP contribution in [0, 0.1) is 6.92 Å². The molecule has 1 atom stereocenters. The van der Waals surface area contributed by atoms with Crippen molar-refractivity contribution >= 4 is 5.91 Å². The van der Waals surface area contributed by atoms with Crippen molar-refractivity contribution in [2.24, 2.45) is 0 Å². The average Bonchev–Trinajstić information content (AvgIpc) is 2.75. The Bertz CT molecular complexity index is 936. The number of amides is 1. The van der Waals surface area contributed by atoms with Gasteiger partial charge in [0.25, 0.3) is 5.91 Å². The van der Waals surface area contributed by atoms with E-state index in [1.165, 1.54) is 5.56 Å². The third-order valence-electron chi connectivity index (χ3n) is 4.69. The number of nitrogens with one attached hydrogen (secondary N) is 1. The van der Waals surface area contributed by atoms with Crippen LogP contribution in [0.15, 0.2) is 72.8 Å². The van der Waals surface area contributed by atoms with E-state index in [9.17, 15) is 4.79 Å². The molecule has 0 fully saturated rings. The molecule has 0 heterocycles. The lowest BCUT2D eigenvalue weighted by Gasteiger charge is -2.16. The average molecular weight is 389 g/mol. The minimum Gasteiger partial charge on any atom is -0.493 e. The van der Waals surface area contributed by atoms with Crippen LogP contribution >= 0.6 is 0 Å². The van der Waals surface area contributed by atoms with Crippen molar-refractivity contribution in [3.8, 4) is 11.5 Å². The van der Waals surface area contributed by atoms with Crippen LogP contribution in [0.1, 0.15) is 46.9 Å². The molecule has 0 aliphatic heterocycles. The smallest absolute Gasteiger partial charge is 0.251 e. The van der Waals surface area contributed by atoms with Crippen LogP contribution in [0.5, 0.6) is 11.5 Å². The van der Waals surface area contributed by atoms with Crippen molar-refractivity contribution < 1.29 is 14.3 Å². The van der Waals surface area contributed by atoms with E-state index < -0.39 is 0 Å². The first kappa shape index (κ1) is 20.5. The molecule has 0 unspecified atom stereocenters. The quantitative estimate of drug-likeness (QED) is 0.556. The van der Waals surface area contributed by atoms with Gasteiger partial charge in [0, 0.05) is 11.1 Å². The van der Waals surface area contributed by atoms with E-state index in [1.807, 2.05) is 87.5 Å². The van der Waals surface area contributed by atoms with E-state index in [1.54, 1.807) is 6.07 Å². The zero-order chi connectivity index (χ0) is 20.6. The minimum absolute atomic E-state index is 0.0810. The Kier molecular flexibility index (Phi) is 6.90. The first-order valence-electron chi connectivity index (χ1n) is 9.88. The van der Waals surface area contributed by atoms with Gasteiger partial charge < -0.3 is 14.8 Å². The van der Waals surface area contributed by atoms with Gasteiger partial charge in [-0.15, -0.1) is 0 Å². The zero-order valence-electron chi connectivity index (χ0n) is 17.1. The van der Waals surface area contributed by atoms with Crippen LogP contribution in [-0.4, -0.2) is 12.5 Å². The van der Waals surface area contributed by atoms with Gasteiger partial charge in [-0.2, -0.15) is 0 Å². The maximum absolute atomic E-state index is 12.8. The Morgan fingerprint density at radius 3 is 2.38 bits per heavy atom. The van der Waals surface area contributed by atoms with Crippen molar-refractivity contribution in [3.05, 3.63) is 95.1 Å². The van der Waals surface area contributed by atoms with Crippen LogP contribution in [0.2, 0.25) is 0 Å². The Balaban J connectivity index is 1.74. The number of hydrogen-bond acceptors (Lipinski definition) is 3. The highest BCUT2D eigenvalue weighted by Gasteiger charge is 2.14. The molecule has 29 heavy (non-hydrogen) atoms. The summed E-state index contributed by atoms with van der Waals surface area (Å²) in [5, 5.41) is 3.05. The van der Waals surface area contributed by atoms with Crippen molar-refractivity contribution in [2.75, 3.05) is 6.61 Å². The number of hydrogen-bond donors (Lipinski definition) is 1. The van der Waals surface area contributed by atoms with Gasteiger partial charge >= 0.3 is 0 Å². The molecule has 3 aromatic carbocycles. The third-order valence-corrected chi connectivity index (χ3v) is 4.69. The summed E-state index contributed by atoms with van der Waals surface area (Å²) in [6.07, 6.45) is 0. The van der Waals surface area contributed by atoms with Gasteiger partial charge in [0.2, 0.25) is 0 Å². The van der Waals surface area contributed by atoms with Crippen molar-refractivity contribution in [1.82, 2.24) is 5.32 Å². The molecule has 0 spiro atoms. The molecular formula is C25H27NO3. The zero-order valence-corrected chi connectivity index (χ0v) is 17.1. The molecule has 0 radical (unpaired) electrons. The van der Waals surface area contributed by atoms with Crippen LogP contribution in [0.4, 0.5) is 0 Å². The largest absolute Gasteiger partial charge is 0.493 e. The molecule has 1 amide bonds. The van der Waals surface area contributed by atoms with Gasteiger partial charge in [-0.3, -0.25) is 4.79 Å². The van der Waals surface area contributed by atoms with Crippen molar-refractivity contribution in [2.45, 2.75) is 33.4 Å². The Hall–Kier alpha value is -3.27. The maximum atomic E-state index is 12.8. The normalized spacial score (nSPS) is 11.6. The number of carbonyl (C=O) groups excluding carboxylic acids is 1. The van der Waals surface area contributed by atoms with E-state index in [-0.39, 0.29) is 11.9 Å². The second-order valence-electron chi connectivity index (χ2n) is 6.96. The molecule has 1 N–H and O–H groups in total. The topological polar surface area (TPSA) is 47.6 Å².